The largest absolute Gasteiger partial charge is 0.452 e. The van der Waals surface area contributed by atoms with Crippen LogP contribution in [0, 0.1) is 0 Å². The highest BCUT2D eigenvalue weighted by atomic mass is 16.5. The van der Waals surface area contributed by atoms with E-state index in [4.69, 9.17) is 4.74 Å². The van der Waals surface area contributed by atoms with Crippen LogP contribution in [0.4, 0.5) is 0 Å². The molecular weight excluding hydrogens is 308 g/mol. The number of ether oxygens (including phenoxy) is 1. The van der Waals surface area contributed by atoms with E-state index in [2.05, 4.69) is 22.3 Å². The second-order valence-corrected chi connectivity index (χ2v) is 5.37. The Hall–Kier alpha value is -2.70. The normalized spacial score (nSPS) is 10.4. The molecule has 1 heterocycles. The van der Waals surface area contributed by atoms with Gasteiger partial charge in [0.2, 0.25) is 0 Å². The molecule has 1 aromatic carbocycles. The summed E-state index contributed by atoms with van der Waals surface area (Å²) in [7, 11) is 0. The van der Waals surface area contributed by atoms with Crippen molar-refractivity contribution >= 4 is 11.9 Å². The van der Waals surface area contributed by atoms with E-state index in [0.717, 1.165) is 31.4 Å². The maximum absolute atomic E-state index is 11.9. The Morgan fingerprint density at radius 3 is 2.62 bits per heavy atom. The van der Waals surface area contributed by atoms with Crippen molar-refractivity contribution in [3.63, 3.8) is 0 Å². The molecular formula is C17H22N4O3. The number of carbonyl (C=O) groups excluding carboxylic acids is 2. The summed E-state index contributed by atoms with van der Waals surface area (Å²) in [5, 5.41) is 6.75. The first kappa shape index (κ1) is 17.7. The quantitative estimate of drug-likeness (QED) is 0.562. The maximum atomic E-state index is 11.9. The van der Waals surface area contributed by atoms with Gasteiger partial charge in [0.25, 0.3) is 5.91 Å². The van der Waals surface area contributed by atoms with Crippen molar-refractivity contribution in [3.8, 4) is 5.69 Å². The van der Waals surface area contributed by atoms with Gasteiger partial charge in [-0.2, -0.15) is 5.10 Å². The highest BCUT2D eigenvalue weighted by Crippen LogP contribution is 2.09. The number of nitrogens with one attached hydrogen (secondary N) is 1. The van der Waals surface area contributed by atoms with Gasteiger partial charge in [0, 0.05) is 6.54 Å². The Balaban J connectivity index is 1.73. The number of hydrogen-bond acceptors (Lipinski definition) is 5. The fourth-order valence-corrected chi connectivity index (χ4v) is 2.14. The van der Waals surface area contributed by atoms with Gasteiger partial charge in [-0.05, 0) is 30.7 Å². The van der Waals surface area contributed by atoms with E-state index in [1.807, 2.05) is 0 Å². The summed E-state index contributed by atoms with van der Waals surface area (Å²) in [5.41, 5.74) is 1.17. The lowest BCUT2D eigenvalue weighted by Crippen LogP contribution is -2.29. The van der Waals surface area contributed by atoms with Gasteiger partial charge < -0.3 is 10.1 Å². The number of unbranched alkanes of at least 4 members (excludes halogenated alkanes) is 3. The average Bonchev–Trinajstić information content (AvgIpc) is 3.14. The molecule has 24 heavy (non-hydrogen) atoms. The third-order valence-corrected chi connectivity index (χ3v) is 3.47. The lowest BCUT2D eigenvalue weighted by Gasteiger charge is -2.07. The highest BCUT2D eigenvalue weighted by molar-refractivity contribution is 5.91. The fourth-order valence-electron chi connectivity index (χ4n) is 2.14. The minimum atomic E-state index is -0.527. The van der Waals surface area contributed by atoms with Crippen molar-refractivity contribution in [1.29, 1.82) is 0 Å². The number of rotatable bonds is 9. The molecule has 0 aliphatic heterocycles. The van der Waals surface area contributed by atoms with Crippen molar-refractivity contribution in [1.82, 2.24) is 20.1 Å². The topological polar surface area (TPSA) is 86.1 Å². The average molecular weight is 330 g/mol. The number of esters is 1. The molecule has 7 heteroatoms. The zero-order valence-electron chi connectivity index (χ0n) is 13.8. The first-order valence-corrected chi connectivity index (χ1v) is 8.09. The molecule has 0 spiro atoms. The molecule has 7 nitrogen and oxygen atoms in total. The van der Waals surface area contributed by atoms with E-state index < -0.39 is 5.97 Å². The van der Waals surface area contributed by atoms with E-state index in [1.54, 1.807) is 35.3 Å². The Morgan fingerprint density at radius 1 is 1.17 bits per heavy atom. The van der Waals surface area contributed by atoms with Crippen LogP contribution in [0.5, 0.6) is 0 Å². The molecule has 0 saturated heterocycles. The Labute approximate surface area is 141 Å². The summed E-state index contributed by atoms with van der Waals surface area (Å²) in [5.74, 6) is -0.805. The molecule has 2 rings (SSSR count). The molecule has 2 aromatic rings. The Bertz CT molecular complexity index is 638. The summed E-state index contributed by atoms with van der Waals surface area (Å²) in [6.07, 6.45) is 7.35. The standard InChI is InChI=1S/C17H22N4O3/c1-2-3-4-5-10-19-16(22)11-24-17(23)14-6-8-15(9-7-14)21-13-18-12-20-21/h6-9,12-13H,2-5,10-11H2,1H3,(H,19,22). The van der Waals surface area contributed by atoms with Crippen LogP contribution in [-0.2, 0) is 9.53 Å². The van der Waals surface area contributed by atoms with Crippen LogP contribution in [0.2, 0.25) is 0 Å². The van der Waals surface area contributed by atoms with Gasteiger partial charge in [-0.3, -0.25) is 4.79 Å². The minimum absolute atomic E-state index is 0.266. The number of nitrogens with zero attached hydrogens (tertiary/aromatic N) is 3. The molecule has 1 aromatic heterocycles. The zero-order chi connectivity index (χ0) is 17.2. The maximum Gasteiger partial charge on any atom is 0.338 e. The number of benzene rings is 1. The summed E-state index contributed by atoms with van der Waals surface area (Å²) in [6.45, 7) is 2.48. The molecule has 1 N–H and O–H groups in total. The molecule has 0 aliphatic carbocycles. The van der Waals surface area contributed by atoms with Gasteiger partial charge in [-0.15, -0.1) is 0 Å². The summed E-state index contributed by atoms with van der Waals surface area (Å²) < 4.78 is 6.60. The van der Waals surface area contributed by atoms with Gasteiger partial charge in [-0.25, -0.2) is 14.5 Å². The molecule has 0 unspecified atom stereocenters. The SMILES string of the molecule is CCCCCCNC(=O)COC(=O)c1ccc(-n2cncn2)cc1. The molecule has 0 atom stereocenters. The van der Waals surface area contributed by atoms with Crippen LogP contribution in [-0.4, -0.2) is 39.8 Å². The monoisotopic (exact) mass is 330 g/mol. The third kappa shape index (κ3) is 5.49. The van der Waals surface area contributed by atoms with E-state index in [1.165, 1.54) is 6.33 Å². The van der Waals surface area contributed by atoms with Crippen molar-refractivity contribution in [2.24, 2.45) is 0 Å². The molecule has 128 valence electrons. The van der Waals surface area contributed by atoms with Crippen molar-refractivity contribution < 1.29 is 14.3 Å². The van der Waals surface area contributed by atoms with Crippen LogP contribution < -0.4 is 5.32 Å². The predicted octanol–water partition coefficient (Wildman–Crippen LogP) is 2.12. The van der Waals surface area contributed by atoms with Crippen LogP contribution >= 0.6 is 0 Å². The van der Waals surface area contributed by atoms with Crippen LogP contribution in [0.3, 0.4) is 0 Å². The smallest absolute Gasteiger partial charge is 0.338 e. The van der Waals surface area contributed by atoms with Crippen LogP contribution in [0.15, 0.2) is 36.9 Å². The predicted molar refractivity (Wildman–Crippen MR) is 88.8 cm³/mol. The number of carbonyl (C=O) groups is 2. The number of aromatic nitrogens is 3. The first-order valence-electron chi connectivity index (χ1n) is 8.09. The molecule has 0 aliphatic rings. The van der Waals surface area contributed by atoms with Gasteiger partial charge in [0.05, 0.1) is 11.3 Å². The molecule has 1 amide bonds. The summed E-state index contributed by atoms with van der Waals surface area (Å²) in [4.78, 5) is 27.4. The van der Waals surface area contributed by atoms with Crippen LogP contribution in [0.1, 0.15) is 43.0 Å². The molecule has 0 fully saturated rings. The van der Waals surface area contributed by atoms with Gasteiger partial charge in [-0.1, -0.05) is 26.2 Å². The third-order valence-electron chi connectivity index (χ3n) is 3.47. The lowest BCUT2D eigenvalue weighted by atomic mass is 10.2. The van der Waals surface area contributed by atoms with E-state index >= 15 is 0 Å². The van der Waals surface area contributed by atoms with Gasteiger partial charge in [0.1, 0.15) is 12.7 Å². The minimum Gasteiger partial charge on any atom is -0.452 e. The van der Waals surface area contributed by atoms with Crippen molar-refractivity contribution in [2.45, 2.75) is 32.6 Å². The van der Waals surface area contributed by atoms with Crippen molar-refractivity contribution in [3.05, 3.63) is 42.5 Å². The Kier molecular flexibility index (Phi) is 6.94. The summed E-state index contributed by atoms with van der Waals surface area (Å²) >= 11 is 0. The second-order valence-electron chi connectivity index (χ2n) is 5.37. The lowest BCUT2D eigenvalue weighted by molar-refractivity contribution is -0.124. The van der Waals surface area contributed by atoms with E-state index in [9.17, 15) is 9.59 Å². The van der Waals surface area contributed by atoms with Crippen molar-refractivity contribution in [2.75, 3.05) is 13.2 Å². The summed E-state index contributed by atoms with van der Waals surface area (Å²) in [6, 6.07) is 6.72. The number of hydrogen-bond donors (Lipinski definition) is 1. The first-order chi connectivity index (χ1) is 11.7. The highest BCUT2D eigenvalue weighted by Gasteiger charge is 2.10. The fraction of sp³-hybridized carbons (Fsp3) is 0.412. The van der Waals surface area contributed by atoms with E-state index in [0.29, 0.717) is 12.1 Å². The molecule has 0 saturated carbocycles. The van der Waals surface area contributed by atoms with Crippen LogP contribution in [0.25, 0.3) is 5.69 Å². The van der Waals surface area contributed by atoms with Gasteiger partial charge in [0.15, 0.2) is 6.61 Å². The Morgan fingerprint density at radius 2 is 1.96 bits per heavy atom. The zero-order valence-corrected chi connectivity index (χ0v) is 13.8. The second kappa shape index (κ2) is 9.44. The molecule has 0 bridgehead atoms. The molecule has 0 radical (unpaired) electrons. The number of amides is 1. The van der Waals surface area contributed by atoms with E-state index in [-0.39, 0.29) is 12.5 Å². The van der Waals surface area contributed by atoms with Gasteiger partial charge >= 0.3 is 5.97 Å².